The van der Waals surface area contributed by atoms with Gasteiger partial charge in [0, 0.05) is 6.54 Å². The lowest BCUT2D eigenvalue weighted by molar-refractivity contribution is -0.138. The quantitative estimate of drug-likeness (QED) is 0.247. The minimum atomic E-state index is -4.39. The highest BCUT2D eigenvalue weighted by atomic mass is 32.1. The summed E-state index contributed by atoms with van der Waals surface area (Å²) in [4.78, 5) is 23.8. The second-order valence-electron chi connectivity index (χ2n) is 7.58. The van der Waals surface area contributed by atoms with Crippen molar-refractivity contribution in [1.82, 2.24) is 5.32 Å². The van der Waals surface area contributed by atoms with E-state index < -0.39 is 23.1 Å². The van der Waals surface area contributed by atoms with Crippen molar-refractivity contribution in [2.75, 3.05) is 6.54 Å². The average Bonchev–Trinajstić information content (AvgIpc) is 3.23. The summed E-state index contributed by atoms with van der Waals surface area (Å²) in [5.74, 6) is -0.831. The predicted octanol–water partition coefficient (Wildman–Crippen LogP) is 6.26. The highest BCUT2D eigenvalue weighted by Gasteiger charge is 2.30. The number of carbonyl (C=O) groups excluding carboxylic acids is 1. The van der Waals surface area contributed by atoms with Gasteiger partial charge < -0.3 is 15.2 Å². The first kappa shape index (κ1) is 25.6. The number of hydrogen-bond donors (Lipinski definition) is 3. The van der Waals surface area contributed by atoms with Crippen molar-refractivity contribution in [2.45, 2.75) is 31.9 Å². The molecule has 0 aliphatic rings. The number of carbonyl (C=O) groups is 2. The Hall–Kier alpha value is -2.98. The van der Waals surface area contributed by atoms with Crippen LogP contribution >= 0.6 is 24.0 Å². The van der Waals surface area contributed by atoms with E-state index in [9.17, 15) is 22.8 Å². The summed E-state index contributed by atoms with van der Waals surface area (Å²) in [5, 5.41) is 11.2. The van der Waals surface area contributed by atoms with Crippen LogP contribution in [0.2, 0.25) is 0 Å². The molecular formula is C24H22F3NO4S2. The molecule has 3 rings (SSSR count). The van der Waals surface area contributed by atoms with Crippen molar-refractivity contribution >= 4 is 35.8 Å². The Labute approximate surface area is 204 Å². The lowest BCUT2D eigenvalue weighted by Gasteiger charge is -2.17. The van der Waals surface area contributed by atoms with Crippen molar-refractivity contribution in [3.8, 4) is 16.9 Å². The number of thiophene rings is 1. The maximum absolute atomic E-state index is 12.9. The first-order chi connectivity index (χ1) is 16.0. The number of ether oxygens (including phenoxy) is 1. The number of thiol groups is 1. The minimum Gasteiger partial charge on any atom is -0.481 e. The highest BCUT2D eigenvalue weighted by molar-refractivity contribution is 7.80. The third kappa shape index (κ3) is 6.32. The van der Waals surface area contributed by atoms with Gasteiger partial charge in [-0.1, -0.05) is 12.1 Å². The second-order valence-corrected chi connectivity index (χ2v) is 9.16. The normalized spacial score (nSPS) is 12.3. The largest absolute Gasteiger partial charge is 0.481 e. The monoisotopic (exact) mass is 509 g/mol. The number of amides is 1. The van der Waals surface area contributed by atoms with Crippen LogP contribution in [0.4, 0.5) is 13.2 Å². The van der Waals surface area contributed by atoms with Crippen LogP contribution in [-0.2, 0) is 11.0 Å². The molecule has 0 fully saturated rings. The van der Waals surface area contributed by atoms with E-state index in [4.69, 9.17) is 9.84 Å². The molecule has 34 heavy (non-hydrogen) atoms. The SMILES string of the molecule is Cc1cc(OC(S)c2ccc(C(=O)NCCC(=O)O)s2)cc(C)c1-c1ccc(C(F)(F)F)cc1. The van der Waals surface area contributed by atoms with Crippen molar-refractivity contribution in [3.05, 3.63) is 75.0 Å². The van der Waals surface area contributed by atoms with Crippen molar-refractivity contribution < 1.29 is 32.6 Å². The predicted molar refractivity (Wildman–Crippen MR) is 128 cm³/mol. The van der Waals surface area contributed by atoms with Gasteiger partial charge in [0.15, 0.2) is 5.44 Å². The number of aryl methyl sites for hydroxylation is 2. The Morgan fingerprint density at radius 1 is 1.09 bits per heavy atom. The van der Waals surface area contributed by atoms with Gasteiger partial charge in [-0.15, -0.1) is 24.0 Å². The van der Waals surface area contributed by atoms with Crippen LogP contribution < -0.4 is 10.1 Å². The van der Waals surface area contributed by atoms with Gasteiger partial charge in [0.1, 0.15) is 5.75 Å². The van der Waals surface area contributed by atoms with Crippen molar-refractivity contribution in [2.24, 2.45) is 0 Å². The standard InChI is InChI=1S/C24H22F3NO4S2/c1-13-11-17(12-14(2)21(13)15-3-5-16(6-4-15)24(25,26)27)32-23(33)19-8-7-18(34-19)22(31)28-10-9-20(29)30/h3-8,11-12,23,33H,9-10H2,1-2H3,(H,28,31)(H,29,30). The summed E-state index contributed by atoms with van der Waals surface area (Å²) >= 11 is 5.67. The smallest absolute Gasteiger partial charge is 0.416 e. The van der Waals surface area contributed by atoms with Gasteiger partial charge in [0.2, 0.25) is 0 Å². The summed E-state index contributed by atoms with van der Waals surface area (Å²) in [6, 6.07) is 11.9. The summed E-state index contributed by atoms with van der Waals surface area (Å²) in [5.41, 5.74) is 1.82. The van der Waals surface area contributed by atoms with Crippen LogP contribution in [0, 0.1) is 13.8 Å². The van der Waals surface area contributed by atoms with E-state index in [1.807, 2.05) is 13.8 Å². The molecule has 1 atom stereocenters. The van der Waals surface area contributed by atoms with E-state index in [0.717, 1.165) is 28.8 Å². The Balaban J connectivity index is 1.71. The van der Waals surface area contributed by atoms with Gasteiger partial charge in [0.25, 0.3) is 5.91 Å². The number of nitrogens with one attached hydrogen (secondary N) is 1. The molecule has 1 amide bonds. The number of aliphatic carboxylic acids is 1. The molecule has 3 aromatic rings. The van der Waals surface area contributed by atoms with Gasteiger partial charge in [-0.2, -0.15) is 13.2 Å². The van der Waals surface area contributed by atoms with Crippen molar-refractivity contribution in [3.63, 3.8) is 0 Å². The zero-order chi connectivity index (χ0) is 25.0. The Morgan fingerprint density at radius 3 is 2.26 bits per heavy atom. The fourth-order valence-electron chi connectivity index (χ4n) is 3.44. The highest BCUT2D eigenvalue weighted by Crippen LogP contribution is 2.36. The lowest BCUT2D eigenvalue weighted by atomic mass is 9.94. The second kappa shape index (κ2) is 10.5. The third-order valence-corrected chi connectivity index (χ3v) is 6.66. The molecule has 0 saturated heterocycles. The van der Waals surface area contributed by atoms with Crippen molar-refractivity contribution in [1.29, 1.82) is 0 Å². The molecule has 0 aliphatic carbocycles. The molecule has 0 radical (unpaired) electrons. The summed E-state index contributed by atoms with van der Waals surface area (Å²) in [7, 11) is 0. The molecule has 10 heteroatoms. The van der Waals surface area contributed by atoms with Gasteiger partial charge in [0.05, 0.1) is 21.7 Å². The van der Waals surface area contributed by atoms with Gasteiger partial charge in [-0.05, 0) is 72.5 Å². The van der Waals surface area contributed by atoms with E-state index in [-0.39, 0.29) is 18.9 Å². The Kier molecular flexibility index (Phi) is 7.93. The number of alkyl halides is 3. The molecule has 0 bridgehead atoms. The first-order valence-corrected chi connectivity index (χ1v) is 11.5. The van der Waals surface area contributed by atoms with Gasteiger partial charge in [-0.25, -0.2) is 0 Å². The van der Waals surface area contributed by atoms with Crippen LogP contribution in [-0.4, -0.2) is 23.5 Å². The fraction of sp³-hybridized carbons (Fsp3) is 0.250. The molecule has 2 aromatic carbocycles. The topological polar surface area (TPSA) is 75.6 Å². The number of hydrogen-bond acceptors (Lipinski definition) is 5. The molecule has 0 saturated carbocycles. The first-order valence-electron chi connectivity index (χ1n) is 10.2. The van der Waals surface area contributed by atoms with E-state index in [0.29, 0.717) is 21.1 Å². The zero-order valence-electron chi connectivity index (χ0n) is 18.3. The number of benzene rings is 2. The van der Waals surface area contributed by atoms with Crippen LogP contribution in [0.1, 0.15) is 43.1 Å². The molecule has 1 heterocycles. The Morgan fingerprint density at radius 2 is 1.71 bits per heavy atom. The molecule has 0 aliphatic heterocycles. The zero-order valence-corrected chi connectivity index (χ0v) is 20.0. The maximum atomic E-state index is 12.9. The number of halogens is 3. The maximum Gasteiger partial charge on any atom is 0.416 e. The average molecular weight is 510 g/mol. The molecular weight excluding hydrogens is 487 g/mol. The summed E-state index contributed by atoms with van der Waals surface area (Å²) in [6.07, 6.45) is -4.55. The van der Waals surface area contributed by atoms with Crippen LogP contribution in [0.3, 0.4) is 0 Å². The molecule has 0 spiro atoms. The van der Waals surface area contributed by atoms with Gasteiger partial charge in [-0.3, -0.25) is 9.59 Å². The van der Waals surface area contributed by atoms with Crippen LogP contribution in [0.25, 0.3) is 11.1 Å². The Bertz CT molecular complexity index is 1170. The molecule has 2 N–H and O–H groups in total. The molecule has 1 aromatic heterocycles. The number of rotatable bonds is 8. The fourth-order valence-corrected chi connectivity index (χ4v) is 4.64. The number of carboxylic acids is 1. The molecule has 5 nitrogen and oxygen atoms in total. The van der Waals surface area contributed by atoms with Crippen LogP contribution in [0.15, 0.2) is 48.5 Å². The van der Waals surface area contributed by atoms with E-state index in [2.05, 4.69) is 17.9 Å². The molecule has 1 unspecified atom stereocenters. The summed E-state index contributed by atoms with van der Waals surface area (Å²) in [6.45, 7) is 3.74. The molecule has 180 valence electrons. The minimum absolute atomic E-state index is 0.0338. The summed E-state index contributed by atoms with van der Waals surface area (Å²) < 4.78 is 44.5. The lowest BCUT2D eigenvalue weighted by Crippen LogP contribution is -2.25. The third-order valence-electron chi connectivity index (χ3n) is 4.97. The van der Waals surface area contributed by atoms with Gasteiger partial charge >= 0.3 is 12.1 Å². The number of carboxylic acid groups (broad SMARTS) is 1. The van der Waals surface area contributed by atoms with E-state index in [1.54, 1.807) is 24.3 Å². The van der Waals surface area contributed by atoms with Crippen LogP contribution in [0.5, 0.6) is 5.75 Å². The van der Waals surface area contributed by atoms with E-state index >= 15 is 0 Å². The van der Waals surface area contributed by atoms with E-state index in [1.165, 1.54) is 23.5 Å².